The summed E-state index contributed by atoms with van der Waals surface area (Å²) in [4.78, 5) is 7.34. The molecule has 2 heterocycles. The Labute approximate surface area is 121 Å². The molecule has 19 heavy (non-hydrogen) atoms. The van der Waals surface area contributed by atoms with Crippen molar-refractivity contribution < 1.29 is 0 Å². The lowest BCUT2D eigenvalue weighted by molar-refractivity contribution is 0.161. The van der Waals surface area contributed by atoms with Gasteiger partial charge in [0, 0.05) is 23.9 Å². The topological polar surface area (TPSA) is 42.1 Å². The van der Waals surface area contributed by atoms with E-state index < -0.39 is 0 Å². The smallest absolute Gasteiger partial charge is 0.113 e. The highest BCUT2D eigenvalue weighted by Crippen LogP contribution is 2.34. The quantitative estimate of drug-likeness (QED) is 0.925. The average molecular weight is 281 g/mol. The number of aromatic nitrogens is 1. The van der Waals surface area contributed by atoms with Crippen LogP contribution in [-0.4, -0.2) is 29.5 Å². The zero-order valence-corrected chi connectivity index (χ0v) is 13.5. The van der Waals surface area contributed by atoms with Gasteiger partial charge in [-0.15, -0.1) is 11.3 Å². The Balaban J connectivity index is 2.07. The minimum absolute atomic E-state index is 0.119. The molecule has 1 aliphatic rings. The third-order valence-electron chi connectivity index (χ3n) is 3.99. The van der Waals surface area contributed by atoms with E-state index in [0.29, 0.717) is 0 Å². The Morgan fingerprint density at radius 2 is 2.00 bits per heavy atom. The number of likely N-dealkylation sites (tertiary alicyclic amines) is 1. The molecule has 2 N–H and O–H groups in total. The van der Waals surface area contributed by atoms with E-state index in [1.165, 1.54) is 18.7 Å². The molecule has 0 radical (unpaired) electrons. The molecule has 1 aromatic heterocycles. The molecule has 0 unspecified atom stereocenters. The van der Waals surface area contributed by atoms with Crippen LogP contribution in [0.25, 0.3) is 0 Å². The summed E-state index contributed by atoms with van der Waals surface area (Å²) >= 11 is 1.74. The second-order valence-corrected chi connectivity index (χ2v) is 7.64. The van der Waals surface area contributed by atoms with Crippen LogP contribution in [0, 0.1) is 0 Å². The number of piperidine rings is 1. The highest BCUT2D eigenvalue weighted by atomic mass is 32.1. The minimum atomic E-state index is -0.196. The van der Waals surface area contributed by atoms with Gasteiger partial charge < -0.3 is 10.6 Å². The Morgan fingerprint density at radius 1 is 1.37 bits per heavy atom. The average Bonchev–Trinajstić information content (AvgIpc) is 2.82. The van der Waals surface area contributed by atoms with Crippen molar-refractivity contribution in [2.75, 3.05) is 19.6 Å². The van der Waals surface area contributed by atoms with Crippen molar-refractivity contribution in [3.8, 4) is 0 Å². The molecule has 4 heteroatoms. The van der Waals surface area contributed by atoms with Crippen molar-refractivity contribution in [3.63, 3.8) is 0 Å². The van der Waals surface area contributed by atoms with E-state index in [4.69, 9.17) is 10.7 Å². The number of hydrogen-bond donors (Lipinski definition) is 1. The van der Waals surface area contributed by atoms with Crippen molar-refractivity contribution >= 4 is 11.3 Å². The van der Waals surface area contributed by atoms with Crippen molar-refractivity contribution in [1.82, 2.24) is 9.88 Å². The first-order valence-electron chi connectivity index (χ1n) is 7.33. The SMILES string of the molecule is CCCN1CCC(N)(c2nc(C(C)(C)C)cs2)CC1. The maximum atomic E-state index is 6.62. The Morgan fingerprint density at radius 3 is 2.47 bits per heavy atom. The third kappa shape index (κ3) is 3.36. The molecule has 1 fully saturated rings. The first kappa shape index (κ1) is 14.9. The monoisotopic (exact) mass is 281 g/mol. The van der Waals surface area contributed by atoms with Gasteiger partial charge in [0.15, 0.2) is 0 Å². The summed E-state index contributed by atoms with van der Waals surface area (Å²) in [7, 11) is 0. The third-order valence-corrected chi connectivity index (χ3v) is 5.05. The standard InChI is InChI=1S/C15H27N3S/c1-5-8-18-9-6-15(16,7-10-18)13-17-12(11-19-13)14(2,3)4/h11H,5-10,16H2,1-4H3. The van der Waals surface area contributed by atoms with Gasteiger partial charge in [-0.2, -0.15) is 0 Å². The molecule has 1 saturated heterocycles. The molecular formula is C15H27N3S. The predicted molar refractivity (Wildman–Crippen MR) is 82.6 cm³/mol. The van der Waals surface area contributed by atoms with Crippen molar-refractivity contribution in [3.05, 3.63) is 16.1 Å². The summed E-state index contributed by atoms with van der Waals surface area (Å²) in [6.45, 7) is 12.3. The van der Waals surface area contributed by atoms with Crippen LogP contribution < -0.4 is 5.73 Å². The fourth-order valence-electron chi connectivity index (χ4n) is 2.55. The Bertz CT molecular complexity index is 411. The first-order valence-corrected chi connectivity index (χ1v) is 8.21. The van der Waals surface area contributed by atoms with Crippen LogP contribution in [0.3, 0.4) is 0 Å². The molecule has 1 aromatic rings. The van der Waals surface area contributed by atoms with Crippen LogP contribution in [0.4, 0.5) is 0 Å². The molecule has 0 aromatic carbocycles. The highest BCUT2D eigenvalue weighted by molar-refractivity contribution is 7.09. The zero-order chi connectivity index (χ0) is 14.1. The second kappa shape index (κ2) is 5.51. The summed E-state index contributed by atoms with van der Waals surface area (Å²) < 4.78 is 0. The van der Waals surface area contributed by atoms with Crippen LogP contribution in [0.5, 0.6) is 0 Å². The summed E-state index contributed by atoms with van der Waals surface area (Å²) in [5.74, 6) is 0. The summed E-state index contributed by atoms with van der Waals surface area (Å²) in [5.41, 5.74) is 7.71. The number of thiazole rings is 1. The lowest BCUT2D eigenvalue weighted by Gasteiger charge is -2.37. The normalized spacial score (nSPS) is 20.7. The van der Waals surface area contributed by atoms with Gasteiger partial charge in [-0.25, -0.2) is 4.98 Å². The van der Waals surface area contributed by atoms with Crippen LogP contribution in [0.1, 0.15) is 57.7 Å². The Hall–Kier alpha value is -0.450. The van der Waals surface area contributed by atoms with Crippen LogP contribution in [-0.2, 0) is 11.0 Å². The van der Waals surface area contributed by atoms with Crippen molar-refractivity contribution in [2.24, 2.45) is 5.73 Å². The molecule has 0 amide bonds. The van der Waals surface area contributed by atoms with Crippen molar-refractivity contribution in [2.45, 2.75) is 57.9 Å². The minimum Gasteiger partial charge on any atom is -0.319 e. The van der Waals surface area contributed by atoms with Gasteiger partial charge >= 0.3 is 0 Å². The molecule has 3 nitrogen and oxygen atoms in total. The predicted octanol–water partition coefficient (Wildman–Crippen LogP) is 3.10. The molecular weight excluding hydrogens is 254 g/mol. The van der Waals surface area contributed by atoms with E-state index in [2.05, 4.69) is 38.0 Å². The van der Waals surface area contributed by atoms with E-state index in [1.54, 1.807) is 11.3 Å². The van der Waals surface area contributed by atoms with E-state index in [-0.39, 0.29) is 11.0 Å². The first-order chi connectivity index (χ1) is 8.85. The second-order valence-electron chi connectivity index (χ2n) is 6.79. The zero-order valence-electron chi connectivity index (χ0n) is 12.7. The fourth-order valence-corrected chi connectivity index (χ4v) is 3.77. The number of rotatable bonds is 3. The van der Waals surface area contributed by atoms with Gasteiger partial charge in [0.1, 0.15) is 5.01 Å². The van der Waals surface area contributed by atoms with Crippen LogP contribution in [0.2, 0.25) is 0 Å². The number of hydrogen-bond acceptors (Lipinski definition) is 4. The number of nitrogens with two attached hydrogens (primary N) is 1. The maximum absolute atomic E-state index is 6.62. The van der Waals surface area contributed by atoms with Crippen LogP contribution in [0.15, 0.2) is 5.38 Å². The Kier molecular flexibility index (Phi) is 4.33. The van der Waals surface area contributed by atoms with Crippen LogP contribution >= 0.6 is 11.3 Å². The molecule has 2 rings (SSSR count). The molecule has 0 atom stereocenters. The van der Waals surface area contributed by atoms with Gasteiger partial charge in [-0.05, 0) is 25.8 Å². The van der Waals surface area contributed by atoms with E-state index >= 15 is 0 Å². The molecule has 108 valence electrons. The van der Waals surface area contributed by atoms with Gasteiger partial charge in [0.05, 0.1) is 11.2 Å². The largest absolute Gasteiger partial charge is 0.319 e. The van der Waals surface area contributed by atoms with E-state index in [0.717, 1.165) is 30.9 Å². The van der Waals surface area contributed by atoms with Gasteiger partial charge in [0.25, 0.3) is 0 Å². The summed E-state index contributed by atoms with van der Waals surface area (Å²) in [5, 5.41) is 3.32. The number of nitrogens with zero attached hydrogens (tertiary/aromatic N) is 2. The molecule has 0 aliphatic carbocycles. The lowest BCUT2D eigenvalue weighted by Crippen LogP contribution is -2.48. The lowest BCUT2D eigenvalue weighted by atomic mass is 9.88. The molecule has 1 aliphatic heterocycles. The van der Waals surface area contributed by atoms with Gasteiger partial charge in [-0.3, -0.25) is 0 Å². The molecule has 0 saturated carbocycles. The highest BCUT2D eigenvalue weighted by Gasteiger charge is 2.35. The molecule has 0 spiro atoms. The van der Waals surface area contributed by atoms with Crippen molar-refractivity contribution in [1.29, 1.82) is 0 Å². The van der Waals surface area contributed by atoms with E-state index in [9.17, 15) is 0 Å². The van der Waals surface area contributed by atoms with Gasteiger partial charge in [-0.1, -0.05) is 27.7 Å². The molecule has 0 bridgehead atoms. The van der Waals surface area contributed by atoms with Gasteiger partial charge in [0.2, 0.25) is 0 Å². The summed E-state index contributed by atoms with van der Waals surface area (Å²) in [6.07, 6.45) is 3.29. The fraction of sp³-hybridized carbons (Fsp3) is 0.800. The summed E-state index contributed by atoms with van der Waals surface area (Å²) in [6, 6.07) is 0. The maximum Gasteiger partial charge on any atom is 0.113 e. The van der Waals surface area contributed by atoms with E-state index in [1.807, 2.05) is 0 Å².